The van der Waals surface area contributed by atoms with Crippen molar-refractivity contribution >= 4 is 17.7 Å². The molecule has 1 aromatic carbocycles. The van der Waals surface area contributed by atoms with Crippen LogP contribution >= 0.6 is 0 Å². The van der Waals surface area contributed by atoms with Crippen molar-refractivity contribution in [3.63, 3.8) is 0 Å². The van der Waals surface area contributed by atoms with Crippen LogP contribution < -0.4 is 4.90 Å². The molecule has 0 aliphatic carbocycles. The fourth-order valence-electron chi connectivity index (χ4n) is 1.44. The molecule has 98 valence electrons. The highest BCUT2D eigenvalue weighted by Crippen LogP contribution is 2.36. The van der Waals surface area contributed by atoms with Crippen LogP contribution in [0.3, 0.4) is 0 Å². The largest absolute Gasteiger partial charge is 0.478 e. The minimum atomic E-state index is -4.48. The summed E-state index contributed by atoms with van der Waals surface area (Å²) in [5.41, 5.74) is -0.565. The van der Waals surface area contributed by atoms with Crippen LogP contribution in [0.1, 0.15) is 11.1 Å². The van der Waals surface area contributed by atoms with Gasteiger partial charge in [0.2, 0.25) is 0 Å². The second-order valence-electron chi connectivity index (χ2n) is 3.84. The standard InChI is InChI=1S/C12H12F3NO2/c1-16(2)10-5-3-8(4-6-11(17)18)7-9(10)12(13,14)15/h3-7H,1-2H3,(H,17,18)/b6-4+. The Morgan fingerprint density at radius 3 is 2.39 bits per heavy atom. The number of hydrogen-bond acceptors (Lipinski definition) is 2. The summed E-state index contributed by atoms with van der Waals surface area (Å²) in [6.07, 6.45) is -2.56. The number of anilines is 1. The van der Waals surface area contributed by atoms with E-state index in [2.05, 4.69) is 0 Å². The van der Waals surface area contributed by atoms with E-state index < -0.39 is 17.7 Å². The van der Waals surface area contributed by atoms with Crippen LogP contribution in [0.5, 0.6) is 0 Å². The second-order valence-corrected chi connectivity index (χ2v) is 3.84. The molecule has 1 aromatic rings. The Labute approximate surface area is 102 Å². The molecule has 0 radical (unpaired) electrons. The fourth-order valence-corrected chi connectivity index (χ4v) is 1.44. The number of benzene rings is 1. The number of carboxylic acid groups (broad SMARTS) is 1. The zero-order valence-corrected chi connectivity index (χ0v) is 9.82. The van der Waals surface area contributed by atoms with Crippen molar-refractivity contribution in [2.45, 2.75) is 6.18 Å². The number of halogens is 3. The van der Waals surface area contributed by atoms with E-state index in [1.54, 1.807) is 0 Å². The van der Waals surface area contributed by atoms with Gasteiger partial charge in [-0.2, -0.15) is 13.2 Å². The van der Waals surface area contributed by atoms with Crippen LogP contribution in [-0.2, 0) is 11.0 Å². The summed E-state index contributed by atoms with van der Waals surface area (Å²) in [7, 11) is 3.02. The van der Waals surface area contributed by atoms with Crippen molar-refractivity contribution in [3.8, 4) is 0 Å². The van der Waals surface area contributed by atoms with Crippen LogP contribution in [0.2, 0.25) is 0 Å². The lowest BCUT2D eigenvalue weighted by molar-refractivity contribution is -0.137. The van der Waals surface area contributed by atoms with Gasteiger partial charge in [-0.3, -0.25) is 0 Å². The van der Waals surface area contributed by atoms with E-state index in [0.717, 1.165) is 18.2 Å². The summed E-state index contributed by atoms with van der Waals surface area (Å²) < 4.78 is 38.5. The Kier molecular flexibility index (Phi) is 4.00. The molecule has 3 nitrogen and oxygen atoms in total. The molecule has 0 saturated carbocycles. The minimum Gasteiger partial charge on any atom is -0.478 e. The molecule has 0 heterocycles. The molecule has 0 amide bonds. The molecule has 0 atom stereocenters. The van der Waals surface area contributed by atoms with Gasteiger partial charge in [-0.25, -0.2) is 4.79 Å². The zero-order chi connectivity index (χ0) is 13.9. The molecular weight excluding hydrogens is 247 g/mol. The van der Waals surface area contributed by atoms with Crippen molar-refractivity contribution in [1.29, 1.82) is 0 Å². The molecule has 1 N–H and O–H groups in total. The van der Waals surface area contributed by atoms with Gasteiger partial charge in [0.25, 0.3) is 0 Å². The number of rotatable bonds is 3. The van der Waals surface area contributed by atoms with Crippen molar-refractivity contribution in [1.82, 2.24) is 0 Å². The van der Waals surface area contributed by atoms with Crippen molar-refractivity contribution in [2.75, 3.05) is 19.0 Å². The average Bonchev–Trinajstić information content (AvgIpc) is 2.24. The maximum absolute atomic E-state index is 12.8. The molecule has 0 bridgehead atoms. The molecule has 0 spiro atoms. The zero-order valence-electron chi connectivity index (χ0n) is 9.82. The summed E-state index contributed by atoms with van der Waals surface area (Å²) in [5.74, 6) is -1.21. The van der Waals surface area contributed by atoms with Gasteiger partial charge in [-0.1, -0.05) is 6.07 Å². The second kappa shape index (κ2) is 5.12. The topological polar surface area (TPSA) is 40.5 Å². The van der Waals surface area contributed by atoms with Crippen LogP contribution in [0.15, 0.2) is 24.3 Å². The third-order valence-electron chi connectivity index (χ3n) is 2.23. The number of carboxylic acids is 1. The highest BCUT2D eigenvalue weighted by molar-refractivity contribution is 5.85. The van der Waals surface area contributed by atoms with E-state index in [1.165, 1.54) is 31.1 Å². The first-order valence-electron chi connectivity index (χ1n) is 5.01. The van der Waals surface area contributed by atoms with E-state index >= 15 is 0 Å². The molecule has 0 fully saturated rings. The van der Waals surface area contributed by atoms with E-state index in [0.29, 0.717) is 0 Å². The van der Waals surface area contributed by atoms with Gasteiger partial charge in [0.15, 0.2) is 0 Å². The lowest BCUT2D eigenvalue weighted by Crippen LogP contribution is -2.16. The third-order valence-corrected chi connectivity index (χ3v) is 2.23. The Morgan fingerprint density at radius 2 is 1.94 bits per heavy atom. The number of hydrogen-bond donors (Lipinski definition) is 1. The summed E-state index contributed by atoms with van der Waals surface area (Å²) >= 11 is 0. The predicted octanol–water partition coefficient (Wildman–Crippen LogP) is 2.87. The Bertz CT molecular complexity index is 479. The lowest BCUT2D eigenvalue weighted by Gasteiger charge is -2.19. The van der Waals surface area contributed by atoms with Gasteiger partial charge in [-0.05, 0) is 23.8 Å². The summed E-state index contributed by atoms with van der Waals surface area (Å²) in [6.45, 7) is 0. The van der Waals surface area contributed by atoms with Gasteiger partial charge in [0, 0.05) is 25.9 Å². The molecule has 1 rings (SSSR count). The minimum absolute atomic E-state index is 0.0370. The summed E-state index contributed by atoms with van der Waals surface area (Å²) in [4.78, 5) is 11.7. The first-order chi connectivity index (χ1) is 8.21. The fraction of sp³-hybridized carbons (Fsp3) is 0.250. The maximum atomic E-state index is 12.8. The van der Waals surface area contributed by atoms with Crippen LogP contribution in [0, 0.1) is 0 Å². The number of alkyl halides is 3. The first-order valence-corrected chi connectivity index (χ1v) is 5.01. The predicted molar refractivity (Wildman–Crippen MR) is 62.4 cm³/mol. The van der Waals surface area contributed by atoms with Crippen LogP contribution in [0.25, 0.3) is 6.08 Å². The summed E-state index contributed by atoms with van der Waals surface area (Å²) in [6, 6.07) is 3.67. The monoisotopic (exact) mass is 259 g/mol. The van der Waals surface area contributed by atoms with Gasteiger partial charge in [0.1, 0.15) is 0 Å². The van der Waals surface area contributed by atoms with Gasteiger partial charge >= 0.3 is 12.1 Å². The first kappa shape index (κ1) is 14.1. The molecule has 18 heavy (non-hydrogen) atoms. The van der Waals surface area contributed by atoms with Gasteiger partial charge < -0.3 is 10.0 Å². The van der Waals surface area contributed by atoms with Gasteiger partial charge in [-0.15, -0.1) is 0 Å². The van der Waals surface area contributed by atoms with Gasteiger partial charge in [0.05, 0.1) is 5.56 Å². The van der Waals surface area contributed by atoms with Crippen molar-refractivity contribution in [2.24, 2.45) is 0 Å². The van der Waals surface area contributed by atoms with Crippen molar-refractivity contribution in [3.05, 3.63) is 35.4 Å². The SMILES string of the molecule is CN(C)c1ccc(/C=C/C(=O)O)cc1C(F)(F)F. The maximum Gasteiger partial charge on any atom is 0.418 e. The van der Waals surface area contributed by atoms with Crippen LogP contribution in [0.4, 0.5) is 18.9 Å². The quantitative estimate of drug-likeness (QED) is 0.848. The van der Waals surface area contributed by atoms with E-state index in [1.807, 2.05) is 0 Å². The third kappa shape index (κ3) is 3.51. The Balaban J connectivity index is 3.26. The molecule has 0 unspecified atom stereocenters. The van der Waals surface area contributed by atoms with E-state index in [4.69, 9.17) is 5.11 Å². The Morgan fingerprint density at radius 1 is 1.33 bits per heavy atom. The van der Waals surface area contributed by atoms with E-state index in [9.17, 15) is 18.0 Å². The number of carbonyl (C=O) groups is 1. The number of nitrogens with zero attached hydrogens (tertiary/aromatic N) is 1. The lowest BCUT2D eigenvalue weighted by atomic mass is 10.1. The molecule has 0 aromatic heterocycles. The smallest absolute Gasteiger partial charge is 0.418 e. The Hall–Kier alpha value is -1.98. The highest BCUT2D eigenvalue weighted by Gasteiger charge is 2.34. The highest BCUT2D eigenvalue weighted by atomic mass is 19.4. The molecule has 0 aliphatic heterocycles. The molecule has 6 heteroatoms. The molecular formula is C12H12F3NO2. The average molecular weight is 259 g/mol. The molecule has 0 aliphatic rings. The normalized spacial score (nSPS) is 11.8. The van der Waals surface area contributed by atoms with Crippen molar-refractivity contribution < 1.29 is 23.1 Å². The molecule has 0 saturated heterocycles. The van der Waals surface area contributed by atoms with Crippen LogP contribution in [-0.4, -0.2) is 25.2 Å². The number of aliphatic carboxylic acids is 1. The van der Waals surface area contributed by atoms with E-state index in [-0.39, 0.29) is 11.3 Å². The summed E-state index contributed by atoms with van der Waals surface area (Å²) in [5, 5.41) is 8.43.